The number of carbonyl (C=O) groups excluding carboxylic acids is 1. The highest BCUT2D eigenvalue weighted by atomic mass is 79.9. The molecule has 0 saturated carbocycles. The van der Waals surface area contributed by atoms with Gasteiger partial charge in [0.2, 0.25) is 0 Å². The SMILES string of the molecule is COC(=O)c1cc(Br)ccc1S(=O)(=O)Nc1c(C)n(C)n(-c2ccccc2)c1=O. The zero-order chi connectivity index (χ0) is 21.3. The maximum absolute atomic E-state index is 13.0. The molecule has 0 saturated heterocycles. The molecule has 2 aromatic carbocycles. The van der Waals surface area contributed by atoms with E-state index in [0.29, 0.717) is 15.9 Å². The number of halogens is 1. The molecule has 0 amide bonds. The number of benzene rings is 2. The van der Waals surface area contributed by atoms with Gasteiger partial charge >= 0.3 is 5.97 Å². The third-order valence-electron chi connectivity index (χ3n) is 4.43. The Morgan fingerprint density at radius 3 is 2.41 bits per heavy atom. The number of methoxy groups -OCH3 is 1. The Bertz CT molecular complexity index is 1250. The standard InChI is InChI=1S/C19H18BrN3O5S/c1-12-17(18(24)23(22(12)2)14-7-5-4-6-8-14)21-29(26,27)16-10-9-13(20)11-15(16)19(25)28-3/h4-11,21H,1-3H3. The van der Waals surface area contributed by atoms with E-state index in [1.807, 2.05) is 6.07 Å². The van der Waals surface area contributed by atoms with Crippen LogP contribution in [-0.4, -0.2) is 30.9 Å². The van der Waals surface area contributed by atoms with Gasteiger partial charge in [-0.3, -0.25) is 14.2 Å². The number of para-hydroxylation sites is 1. The van der Waals surface area contributed by atoms with E-state index >= 15 is 0 Å². The third-order valence-corrected chi connectivity index (χ3v) is 6.33. The van der Waals surface area contributed by atoms with Crippen LogP contribution in [0.4, 0.5) is 5.69 Å². The van der Waals surface area contributed by atoms with Crippen LogP contribution in [0.3, 0.4) is 0 Å². The molecule has 1 aromatic heterocycles. The topological polar surface area (TPSA) is 99.4 Å². The highest BCUT2D eigenvalue weighted by molar-refractivity contribution is 9.10. The fourth-order valence-electron chi connectivity index (χ4n) is 2.88. The summed E-state index contributed by atoms with van der Waals surface area (Å²) in [5.41, 5.74) is 0.226. The molecule has 3 aromatic rings. The van der Waals surface area contributed by atoms with E-state index in [-0.39, 0.29) is 16.1 Å². The van der Waals surface area contributed by atoms with Gasteiger partial charge in [0, 0.05) is 11.5 Å². The summed E-state index contributed by atoms with van der Waals surface area (Å²) in [6.07, 6.45) is 0. The first-order chi connectivity index (χ1) is 13.7. The van der Waals surface area contributed by atoms with E-state index in [1.165, 1.54) is 22.9 Å². The Hall–Kier alpha value is -2.85. The van der Waals surface area contributed by atoms with Crippen molar-refractivity contribution in [2.24, 2.45) is 7.05 Å². The van der Waals surface area contributed by atoms with Crippen LogP contribution in [0.2, 0.25) is 0 Å². The van der Waals surface area contributed by atoms with Gasteiger partial charge in [-0.15, -0.1) is 0 Å². The summed E-state index contributed by atoms with van der Waals surface area (Å²) >= 11 is 3.21. The Balaban J connectivity index is 2.12. The number of hydrogen-bond acceptors (Lipinski definition) is 5. The fourth-order valence-corrected chi connectivity index (χ4v) is 4.53. The monoisotopic (exact) mass is 479 g/mol. The summed E-state index contributed by atoms with van der Waals surface area (Å²) in [5, 5.41) is 0. The maximum Gasteiger partial charge on any atom is 0.339 e. The fraction of sp³-hybridized carbons (Fsp3) is 0.158. The molecule has 10 heteroatoms. The predicted molar refractivity (Wildman–Crippen MR) is 112 cm³/mol. The van der Waals surface area contributed by atoms with Crippen molar-refractivity contribution >= 4 is 37.6 Å². The highest BCUT2D eigenvalue weighted by Crippen LogP contribution is 2.24. The molecule has 0 radical (unpaired) electrons. The molecular weight excluding hydrogens is 462 g/mol. The summed E-state index contributed by atoms with van der Waals surface area (Å²) in [4.78, 5) is 24.7. The lowest BCUT2D eigenvalue weighted by molar-refractivity contribution is 0.0596. The van der Waals surface area contributed by atoms with Crippen molar-refractivity contribution in [3.63, 3.8) is 0 Å². The predicted octanol–water partition coefficient (Wildman–Crippen LogP) is 2.83. The van der Waals surface area contributed by atoms with Gasteiger partial charge < -0.3 is 4.74 Å². The Morgan fingerprint density at radius 1 is 1.14 bits per heavy atom. The van der Waals surface area contributed by atoms with E-state index in [0.717, 1.165) is 7.11 Å². The molecule has 152 valence electrons. The molecular formula is C19H18BrN3O5S. The quantitative estimate of drug-likeness (QED) is 0.567. The van der Waals surface area contributed by atoms with Crippen molar-refractivity contribution in [3.05, 3.63) is 74.6 Å². The molecule has 0 fully saturated rings. The van der Waals surface area contributed by atoms with Crippen molar-refractivity contribution in [1.29, 1.82) is 0 Å². The second kappa shape index (κ2) is 7.88. The van der Waals surface area contributed by atoms with Crippen LogP contribution in [-0.2, 0) is 21.8 Å². The first-order valence-corrected chi connectivity index (χ1v) is 10.7. The Kier molecular flexibility index (Phi) is 5.67. The number of anilines is 1. The summed E-state index contributed by atoms with van der Waals surface area (Å²) < 4.78 is 36.5. The lowest BCUT2D eigenvalue weighted by atomic mass is 10.2. The molecule has 0 aliphatic carbocycles. The molecule has 1 N–H and O–H groups in total. The van der Waals surface area contributed by atoms with Crippen LogP contribution in [0.1, 0.15) is 16.1 Å². The summed E-state index contributed by atoms with van der Waals surface area (Å²) in [5.74, 6) is -0.807. The van der Waals surface area contributed by atoms with Crippen LogP contribution in [0.5, 0.6) is 0 Å². The molecule has 0 spiro atoms. The van der Waals surface area contributed by atoms with E-state index in [4.69, 9.17) is 0 Å². The van der Waals surface area contributed by atoms with Crippen LogP contribution >= 0.6 is 15.9 Å². The number of nitrogens with one attached hydrogen (secondary N) is 1. The Labute approximate surface area is 175 Å². The van der Waals surface area contributed by atoms with E-state index in [1.54, 1.807) is 42.9 Å². The molecule has 0 aliphatic heterocycles. The molecule has 1 heterocycles. The van der Waals surface area contributed by atoms with Gasteiger partial charge in [0.1, 0.15) is 10.6 Å². The van der Waals surface area contributed by atoms with Gasteiger partial charge in [-0.25, -0.2) is 17.9 Å². The van der Waals surface area contributed by atoms with Crippen LogP contribution < -0.4 is 10.3 Å². The van der Waals surface area contributed by atoms with E-state index < -0.39 is 21.6 Å². The van der Waals surface area contributed by atoms with Crippen LogP contribution in [0, 0.1) is 6.92 Å². The number of hydrogen-bond donors (Lipinski definition) is 1. The molecule has 0 atom stereocenters. The van der Waals surface area contributed by atoms with Crippen molar-refractivity contribution in [2.45, 2.75) is 11.8 Å². The first kappa shape index (κ1) is 20.9. The minimum atomic E-state index is -4.24. The molecule has 0 unspecified atom stereocenters. The smallest absolute Gasteiger partial charge is 0.339 e. The zero-order valence-electron chi connectivity index (χ0n) is 15.8. The summed E-state index contributed by atoms with van der Waals surface area (Å²) in [6, 6.07) is 13.0. The van der Waals surface area contributed by atoms with Gasteiger partial charge in [0.25, 0.3) is 15.6 Å². The number of carbonyl (C=O) groups is 1. The van der Waals surface area contributed by atoms with Crippen molar-refractivity contribution < 1.29 is 17.9 Å². The largest absolute Gasteiger partial charge is 0.465 e. The van der Waals surface area contributed by atoms with Crippen molar-refractivity contribution in [2.75, 3.05) is 11.8 Å². The lowest BCUT2D eigenvalue weighted by Crippen LogP contribution is -2.24. The van der Waals surface area contributed by atoms with Crippen LogP contribution in [0.15, 0.2) is 62.7 Å². The Morgan fingerprint density at radius 2 is 1.79 bits per heavy atom. The number of esters is 1. The lowest BCUT2D eigenvalue weighted by Gasteiger charge is -2.11. The number of nitrogens with zero attached hydrogens (tertiary/aromatic N) is 2. The zero-order valence-corrected chi connectivity index (χ0v) is 18.2. The van der Waals surface area contributed by atoms with Crippen molar-refractivity contribution in [1.82, 2.24) is 9.36 Å². The van der Waals surface area contributed by atoms with Crippen molar-refractivity contribution in [3.8, 4) is 5.69 Å². The number of ether oxygens (including phenoxy) is 1. The number of sulfonamides is 1. The average Bonchev–Trinajstić information content (AvgIpc) is 2.90. The normalized spacial score (nSPS) is 11.3. The molecule has 0 aliphatic rings. The van der Waals surface area contributed by atoms with Gasteiger partial charge in [-0.2, -0.15) is 0 Å². The molecule has 8 nitrogen and oxygen atoms in total. The molecule has 3 rings (SSSR count). The summed E-state index contributed by atoms with van der Waals surface area (Å²) in [6.45, 7) is 1.63. The number of rotatable bonds is 5. The summed E-state index contributed by atoms with van der Waals surface area (Å²) in [7, 11) is -1.43. The van der Waals surface area contributed by atoms with Gasteiger partial charge in [-0.1, -0.05) is 34.1 Å². The minimum absolute atomic E-state index is 0.102. The highest BCUT2D eigenvalue weighted by Gasteiger charge is 2.27. The molecule has 29 heavy (non-hydrogen) atoms. The van der Waals surface area contributed by atoms with Gasteiger partial charge in [0.05, 0.1) is 24.1 Å². The second-order valence-electron chi connectivity index (χ2n) is 6.17. The second-order valence-corrected chi connectivity index (χ2v) is 8.74. The van der Waals surface area contributed by atoms with E-state index in [9.17, 15) is 18.0 Å². The molecule has 0 bridgehead atoms. The van der Waals surface area contributed by atoms with Gasteiger partial charge in [-0.05, 0) is 37.3 Å². The maximum atomic E-state index is 13.0. The average molecular weight is 480 g/mol. The van der Waals surface area contributed by atoms with E-state index in [2.05, 4.69) is 25.4 Å². The van der Waals surface area contributed by atoms with Gasteiger partial charge in [0.15, 0.2) is 0 Å². The minimum Gasteiger partial charge on any atom is -0.465 e. The third kappa shape index (κ3) is 3.85. The number of aromatic nitrogens is 2. The van der Waals surface area contributed by atoms with Crippen LogP contribution in [0.25, 0.3) is 5.69 Å². The first-order valence-electron chi connectivity index (χ1n) is 8.42.